The molecule has 1 aliphatic heterocycles. The maximum absolute atomic E-state index is 12.0. The first-order chi connectivity index (χ1) is 10.4. The van der Waals surface area contributed by atoms with Crippen LogP contribution in [-0.4, -0.2) is 40.3 Å². The van der Waals surface area contributed by atoms with Crippen molar-refractivity contribution in [3.8, 4) is 0 Å². The number of nitrogens with one attached hydrogen (secondary N) is 1. The van der Waals surface area contributed by atoms with Crippen molar-refractivity contribution in [3.63, 3.8) is 0 Å². The molecule has 1 aromatic heterocycles. The van der Waals surface area contributed by atoms with Gasteiger partial charge in [0, 0.05) is 44.6 Å². The quantitative estimate of drug-likeness (QED) is 0.930. The Bertz CT molecular complexity index is 482. The summed E-state index contributed by atoms with van der Waals surface area (Å²) in [7, 11) is 0. The van der Waals surface area contributed by atoms with Crippen LogP contribution in [0.4, 0.5) is 4.79 Å². The van der Waals surface area contributed by atoms with Gasteiger partial charge >= 0.3 is 6.09 Å². The Hall–Kier alpha value is -1.49. The van der Waals surface area contributed by atoms with Crippen LogP contribution in [0.15, 0.2) is 18.5 Å². The fourth-order valence-corrected chi connectivity index (χ4v) is 2.65. The van der Waals surface area contributed by atoms with Crippen LogP contribution in [0.25, 0.3) is 0 Å². The zero-order chi connectivity index (χ0) is 16.2. The molecule has 0 aromatic carbocycles. The summed E-state index contributed by atoms with van der Waals surface area (Å²) in [6.45, 7) is 11.3. The molecule has 1 fully saturated rings. The molecule has 2 rings (SSSR count). The van der Waals surface area contributed by atoms with Crippen LogP contribution in [0, 0.1) is 0 Å². The topological polar surface area (TPSA) is 46.5 Å². The molecular weight excluding hydrogens is 278 g/mol. The normalized spacial score (nSPS) is 16.8. The molecule has 0 saturated carbocycles. The van der Waals surface area contributed by atoms with Gasteiger partial charge in [-0.3, -0.25) is 0 Å². The molecule has 0 atom stereocenters. The summed E-state index contributed by atoms with van der Waals surface area (Å²) in [5.74, 6) is 0. The van der Waals surface area contributed by atoms with E-state index < -0.39 is 5.60 Å². The fourth-order valence-electron chi connectivity index (χ4n) is 2.65. The van der Waals surface area contributed by atoms with E-state index in [1.807, 2.05) is 25.7 Å². The third-order valence-corrected chi connectivity index (χ3v) is 3.92. The minimum atomic E-state index is -0.418. The van der Waals surface area contributed by atoms with Crippen molar-refractivity contribution in [2.24, 2.45) is 0 Å². The summed E-state index contributed by atoms with van der Waals surface area (Å²) < 4.78 is 7.60. The molecule has 124 valence electrons. The molecule has 0 unspecified atom stereocenters. The number of ether oxygens (including phenoxy) is 1. The largest absolute Gasteiger partial charge is 0.444 e. The monoisotopic (exact) mass is 307 g/mol. The molecule has 1 aromatic rings. The molecule has 5 heteroatoms. The maximum atomic E-state index is 12.0. The lowest BCUT2D eigenvalue weighted by Crippen LogP contribution is -2.46. The zero-order valence-electron chi connectivity index (χ0n) is 14.3. The van der Waals surface area contributed by atoms with E-state index in [1.165, 1.54) is 5.56 Å². The first-order valence-electron chi connectivity index (χ1n) is 8.23. The Labute approximate surface area is 133 Å². The van der Waals surface area contributed by atoms with Crippen molar-refractivity contribution in [2.45, 2.75) is 65.3 Å². The number of rotatable bonds is 4. The van der Waals surface area contributed by atoms with Crippen LogP contribution in [0.2, 0.25) is 0 Å². The van der Waals surface area contributed by atoms with Gasteiger partial charge in [-0.1, -0.05) is 0 Å². The van der Waals surface area contributed by atoms with Crippen LogP contribution >= 0.6 is 0 Å². The Morgan fingerprint density at radius 2 is 2.05 bits per heavy atom. The smallest absolute Gasteiger partial charge is 0.410 e. The number of aromatic nitrogens is 1. The summed E-state index contributed by atoms with van der Waals surface area (Å²) in [6.07, 6.45) is 6.07. The van der Waals surface area contributed by atoms with Crippen molar-refractivity contribution in [1.29, 1.82) is 0 Å². The minimum Gasteiger partial charge on any atom is -0.444 e. The highest BCUT2D eigenvalue weighted by atomic mass is 16.6. The summed E-state index contributed by atoms with van der Waals surface area (Å²) >= 11 is 0. The SMILES string of the molecule is CCn1ccc(CNC2CCN(C(=O)OC(C)(C)C)CC2)c1. The number of carbonyl (C=O) groups excluding carboxylic acids is 1. The van der Waals surface area contributed by atoms with E-state index in [-0.39, 0.29) is 6.09 Å². The van der Waals surface area contributed by atoms with Crippen LogP contribution in [0.3, 0.4) is 0 Å². The third kappa shape index (κ3) is 5.05. The number of hydrogen-bond acceptors (Lipinski definition) is 3. The molecule has 0 radical (unpaired) electrons. The predicted octanol–water partition coefficient (Wildman–Crippen LogP) is 3.00. The highest BCUT2D eigenvalue weighted by Gasteiger charge is 2.26. The van der Waals surface area contributed by atoms with Gasteiger partial charge in [0.25, 0.3) is 0 Å². The van der Waals surface area contributed by atoms with E-state index in [2.05, 4.69) is 35.3 Å². The molecule has 1 amide bonds. The Kier molecular flexibility index (Phi) is 5.51. The van der Waals surface area contributed by atoms with E-state index in [0.29, 0.717) is 6.04 Å². The Balaban J connectivity index is 1.72. The van der Waals surface area contributed by atoms with E-state index in [9.17, 15) is 4.79 Å². The maximum Gasteiger partial charge on any atom is 0.410 e. The van der Waals surface area contributed by atoms with Crippen molar-refractivity contribution in [2.75, 3.05) is 13.1 Å². The third-order valence-electron chi connectivity index (χ3n) is 3.92. The summed E-state index contributed by atoms with van der Waals surface area (Å²) in [6, 6.07) is 2.63. The second-order valence-corrected chi connectivity index (χ2v) is 6.97. The van der Waals surface area contributed by atoms with Gasteiger partial charge in [-0.05, 0) is 52.2 Å². The van der Waals surface area contributed by atoms with Crippen LogP contribution in [0.5, 0.6) is 0 Å². The van der Waals surface area contributed by atoms with Crippen molar-refractivity contribution >= 4 is 6.09 Å². The highest BCUT2D eigenvalue weighted by Crippen LogP contribution is 2.16. The summed E-state index contributed by atoms with van der Waals surface area (Å²) in [4.78, 5) is 13.8. The highest BCUT2D eigenvalue weighted by molar-refractivity contribution is 5.68. The van der Waals surface area contributed by atoms with Gasteiger partial charge in [-0.2, -0.15) is 0 Å². The number of nitrogens with zero attached hydrogens (tertiary/aromatic N) is 2. The van der Waals surface area contributed by atoms with Gasteiger partial charge < -0.3 is 19.5 Å². The van der Waals surface area contributed by atoms with Gasteiger partial charge in [0.05, 0.1) is 0 Å². The van der Waals surface area contributed by atoms with Gasteiger partial charge in [0.2, 0.25) is 0 Å². The van der Waals surface area contributed by atoms with E-state index in [1.54, 1.807) is 0 Å². The Morgan fingerprint density at radius 3 is 2.59 bits per heavy atom. The fraction of sp³-hybridized carbons (Fsp3) is 0.706. The second-order valence-electron chi connectivity index (χ2n) is 6.97. The van der Waals surface area contributed by atoms with Crippen LogP contribution < -0.4 is 5.32 Å². The number of piperidine rings is 1. The second kappa shape index (κ2) is 7.18. The number of likely N-dealkylation sites (tertiary alicyclic amines) is 1. The molecular formula is C17H29N3O2. The van der Waals surface area contributed by atoms with Crippen molar-refractivity contribution in [1.82, 2.24) is 14.8 Å². The summed E-state index contributed by atoms with van der Waals surface area (Å²) in [5, 5.41) is 3.59. The number of amides is 1. The molecule has 22 heavy (non-hydrogen) atoms. The van der Waals surface area contributed by atoms with E-state index in [0.717, 1.165) is 39.0 Å². The number of aryl methyl sites for hydroxylation is 1. The van der Waals surface area contributed by atoms with Crippen molar-refractivity contribution in [3.05, 3.63) is 24.0 Å². The van der Waals surface area contributed by atoms with Crippen molar-refractivity contribution < 1.29 is 9.53 Å². The standard InChI is InChI=1S/C17H29N3O2/c1-5-19-9-6-14(13-19)12-18-15-7-10-20(11-8-15)16(21)22-17(2,3)4/h6,9,13,15,18H,5,7-8,10-12H2,1-4H3. The molecule has 0 aliphatic carbocycles. The molecule has 1 aliphatic rings. The minimum absolute atomic E-state index is 0.189. The molecule has 1 saturated heterocycles. The van der Waals surface area contributed by atoms with E-state index >= 15 is 0 Å². The van der Waals surface area contributed by atoms with Gasteiger partial charge in [-0.15, -0.1) is 0 Å². The molecule has 0 spiro atoms. The number of hydrogen-bond donors (Lipinski definition) is 1. The average Bonchev–Trinajstić information content (AvgIpc) is 2.92. The average molecular weight is 307 g/mol. The molecule has 0 bridgehead atoms. The molecule has 1 N–H and O–H groups in total. The molecule has 5 nitrogen and oxygen atoms in total. The molecule has 2 heterocycles. The van der Waals surface area contributed by atoms with Gasteiger partial charge in [-0.25, -0.2) is 4.79 Å². The lowest BCUT2D eigenvalue weighted by Gasteiger charge is -2.33. The lowest BCUT2D eigenvalue weighted by atomic mass is 10.1. The van der Waals surface area contributed by atoms with Gasteiger partial charge in [0.15, 0.2) is 0 Å². The predicted molar refractivity (Wildman–Crippen MR) is 87.8 cm³/mol. The summed E-state index contributed by atoms with van der Waals surface area (Å²) in [5.41, 5.74) is 0.898. The van der Waals surface area contributed by atoms with Crippen LogP contribution in [0.1, 0.15) is 46.1 Å². The zero-order valence-corrected chi connectivity index (χ0v) is 14.3. The first kappa shape index (κ1) is 16.9. The van der Waals surface area contributed by atoms with Gasteiger partial charge in [0.1, 0.15) is 5.60 Å². The number of carbonyl (C=O) groups is 1. The van der Waals surface area contributed by atoms with E-state index in [4.69, 9.17) is 4.74 Å². The Morgan fingerprint density at radius 1 is 1.36 bits per heavy atom. The van der Waals surface area contributed by atoms with Crippen LogP contribution in [-0.2, 0) is 17.8 Å². The first-order valence-corrected chi connectivity index (χ1v) is 8.23. The lowest BCUT2D eigenvalue weighted by molar-refractivity contribution is 0.0198.